The van der Waals surface area contributed by atoms with Gasteiger partial charge in [0.2, 0.25) is 5.91 Å². The minimum atomic E-state index is 0.0392. The molecule has 4 heteroatoms. The molecule has 0 saturated heterocycles. The Morgan fingerprint density at radius 3 is 2.31 bits per heavy atom. The van der Waals surface area contributed by atoms with Crippen molar-refractivity contribution in [1.82, 2.24) is 5.32 Å². The fourth-order valence-electron chi connectivity index (χ4n) is 2.85. The van der Waals surface area contributed by atoms with Crippen molar-refractivity contribution in [2.75, 3.05) is 32.1 Å². The summed E-state index contributed by atoms with van der Waals surface area (Å²) in [6.45, 7) is 5.18. The van der Waals surface area contributed by atoms with Crippen LogP contribution in [-0.2, 0) is 11.2 Å². The fraction of sp³-hybridized carbons (Fsp3) is 0.409. The van der Waals surface area contributed by atoms with E-state index in [2.05, 4.69) is 40.5 Å². The van der Waals surface area contributed by atoms with E-state index in [9.17, 15) is 4.79 Å². The van der Waals surface area contributed by atoms with Gasteiger partial charge in [0.25, 0.3) is 0 Å². The highest BCUT2D eigenvalue weighted by molar-refractivity contribution is 5.75. The number of aryl methyl sites for hydroxylation is 3. The molecule has 0 saturated carbocycles. The molecule has 0 spiro atoms. The first-order valence-electron chi connectivity index (χ1n) is 9.18. The van der Waals surface area contributed by atoms with E-state index in [0.717, 1.165) is 18.6 Å². The topological polar surface area (TPSA) is 41.6 Å². The Hall–Kier alpha value is -2.49. The van der Waals surface area contributed by atoms with Crippen molar-refractivity contribution in [3.8, 4) is 5.75 Å². The summed E-state index contributed by atoms with van der Waals surface area (Å²) in [5.74, 6) is 0.869. The maximum Gasteiger partial charge on any atom is 0.223 e. The number of amides is 1. The van der Waals surface area contributed by atoms with Crippen LogP contribution in [0.3, 0.4) is 0 Å². The predicted octanol–water partition coefficient (Wildman–Crippen LogP) is 3.89. The minimum Gasteiger partial charge on any atom is -0.493 e. The summed E-state index contributed by atoms with van der Waals surface area (Å²) in [7, 11) is 4.07. The van der Waals surface area contributed by atoms with E-state index in [-0.39, 0.29) is 5.91 Å². The van der Waals surface area contributed by atoms with Gasteiger partial charge >= 0.3 is 0 Å². The zero-order chi connectivity index (χ0) is 18.9. The van der Waals surface area contributed by atoms with Crippen LogP contribution in [0.25, 0.3) is 0 Å². The lowest BCUT2D eigenvalue weighted by molar-refractivity contribution is -0.121. The van der Waals surface area contributed by atoms with Crippen molar-refractivity contribution < 1.29 is 9.53 Å². The first-order valence-corrected chi connectivity index (χ1v) is 9.18. The second-order valence-electron chi connectivity index (χ2n) is 6.94. The number of carbonyl (C=O) groups is 1. The monoisotopic (exact) mass is 354 g/mol. The third-order valence-electron chi connectivity index (χ3n) is 4.21. The number of hydrogen-bond acceptors (Lipinski definition) is 3. The highest BCUT2D eigenvalue weighted by Crippen LogP contribution is 2.16. The van der Waals surface area contributed by atoms with Gasteiger partial charge in [-0.05, 0) is 67.6 Å². The van der Waals surface area contributed by atoms with Gasteiger partial charge in [0.05, 0.1) is 13.0 Å². The summed E-state index contributed by atoms with van der Waals surface area (Å²) in [4.78, 5) is 14.0. The number of ether oxygens (including phenoxy) is 1. The molecular weight excluding hydrogens is 324 g/mol. The first-order chi connectivity index (χ1) is 12.4. The summed E-state index contributed by atoms with van der Waals surface area (Å²) in [5, 5.41) is 2.96. The normalized spacial score (nSPS) is 10.5. The summed E-state index contributed by atoms with van der Waals surface area (Å²) < 4.78 is 5.68. The summed E-state index contributed by atoms with van der Waals surface area (Å²) in [6.07, 6.45) is 2.28. The van der Waals surface area contributed by atoms with Gasteiger partial charge in [0.15, 0.2) is 0 Å². The van der Waals surface area contributed by atoms with E-state index >= 15 is 0 Å². The number of rotatable bonds is 9. The lowest BCUT2D eigenvalue weighted by Gasteiger charge is -2.12. The summed E-state index contributed by atoms with van der Waals surface area (Å²) in [6, 6.07) is 14.6. The Labute approximate surface area is 157 Å². The maximum absolute atomic E-state index is 11.9. The molecule has 26 heavy (non-hydrogen) atoms. The molecule has 1 N–H and O–H groups in total. The molecule has 1 amide bonds. The largest absolute Gasteiger partial charge is 0.493 e. The molecule has 2 aromatic carbocycles. The lowest BCUT2D eigenvalue weighted by Crippen LogP contribution is -2.26. The van der Waals surface area contributed by atoms with Crippen LogP contribution in [0.15, 0.2) is 42.5 Å². The van der Waals surface area contributed by atoms with E-state index < -0.39 is 0 Å². The van der Waals surface area contributed by atoms with Gasteiger partial charge in [0.1, 0.15) is 5.75 Å². The molecule has 0 heterocycles. The standard InChI is InChI=1S/C22H30N2O2/c1-17-14-18(2)16-21(15-17)26-13-11-22(25)23-12-5-6-19-7-9-20(10-8-19)24(3)4/h7-10,14-16H,5-6,11-13H2,1-4H3,(H,23,25). The number of carbonyl (C=O) groups excluding carboxylic acids is 1. The van der Waals surface area contributed by atoms with Crippen LogP contribution in [-0.4, -0.2) is 33.2 Å². The molecule has 0 aliphatic rings. The quantitative estimate of drug-likeness (QED) is 0.695. The molecular formula is C22H30N2O2. The van der Waals surface area contributed by atoms with E-state index in [1.165, 1.54) is 22.4 Å². The van der Waals surface area contributed by atoms with Crippen LogP contribution in [0.4, 0.5) is 5.69 Å². The van der Waals surface area contributed by atoms with Crippen LogP contribution in [0.1, 0.15) is 29.5 Å². The Morgan fingerprint density at radius 2 is 1.69 bits per heavy atom. The zero-order valence-corrected chi connectivity index (χ0v) is 16.3. The van der Waals surface area contributed by atoms with Gasteiger partial charge in [-0.3, -0.25) is 4.79 Å². The second kappa shape index (κ2) is 9.85. The summed E-state index contributed by atoms with van der Waals surface area (Å²) >= 11 is 0. The summed E-state index contributed by atoms with van der Waals surface area (Å²) in [5.41, 5.74) is 4.83. The Bertz CT molecular complexity index is 688. The van der Waals surface area contributed by atoms with Gasteiger partial charge in [-0.25, -0.2) is 0 Å². The van der Waals surface area contributed by atoms with E-state index in [4.69, 9.17) is 4.74 Å². The maximum atomic E-state index is 11.9. The number of nitrogens with one attached hydrogen (secondary N) is 1. The predicted molar refractivity (Wildman–Crippen MR) is 108 cm³/mol. The molecule has 0 radical (unpaired) electrons. The number of hydrogen-bond donors (Lipinski definition) is 1. The molecule has 0 bridgehead atoms. The van der Waals surface area contributed by atoms with E-state index in [1.807, 2.05) is 40.1 Å². The first kappa shape index (κ1) is 19.8. The third-order valence-corrected chi connectivity index (χ3v) is 4.21. The van der Waals surface area contributed by atoms with Gasteiger partial charge in [0, 0.05) is 26.3 Å². The lowest BCUT2D eigenvalue weighted by atomic mass is 10.1. The van der Waals surface area contributed by atoms with Crippen molar-refractivity contribution in [1.29, 1.82) is 0 Å². The molecule has 2 rings (SSSR count). The second-order valence-corrected chi connectivity index (χ2v) is 6.94. The van der Waals surface area contributed by atoms with Crippen molar-refractivity contribution in [3.63, 3.8) is 0 Å². The third kappa shape index (κ3) is 6.79. The van der Waals surface area contributed by atoms with Crippen molar-refractivity contribution in [2.45, 2.75) is 33.1 Å². The highest BCUT2D eigenvalue weighted by atomic mass is 16.5. The number of anilines is 1. The Balaban J connectivity index is 1.61. The molecule has 140 valence electrons. The van der Waals surface area contributed by atoms with Crippen molar-refractivity contribution in [3.05, 3.63) is 59.2 Å². The zero-order valence-electron chi connectivity index (χ0n) is 16.3. The van der Waals surface area contributed by atoms with Gasteiger partial charge < -0.3 is 15.0 Å². The Morgan fingerprint density at radius 1 is 1.04 bits per heavy atom. The van der Waals surface area contributed by atoms with Crippen LogP contribution in [0.5, 0.6) is 5.75 Å². The number of nitrogens with zero attached hydrogens (tertiary/aromatic N) is 1. The minimum absolute atomic E-state index is 0.0392. The van der Waals surface area contributed by atoms with E-state index in [1.54, 1.807) is 0 Å². The van der Waals surface area contributed by atoms with Crippen molar-refractivity contribution in [2.24, 2.45) is 0 Å². The number of benzene rings is 2. The fourth-order valence-corrected chi connectivity index (χ4v) is 2.85. The van der Waals surface area contributed by atoms with Gasteiger partial charge in [-0.15, -0.1) is 0 Å². The highest BCUT2D eigenvalue weighted by Gasteiger charge is 2.03. The van der Waals surface area contributed by atoms with E-state index in [0.29, 0.717) is 19.6 Å². The van der Waals surface area contributed by atoms with Crippen LogP contribution in [0.2, 0.25) is 0 Å². The smallest absolute Gasteiger partial charge is 0.223 e. The molecule has 0 unspecified atom stereocenters. The van der Waals surface area contributed by atoms with Gasteiger partial charge in [-0.1, -0.05) is 18.2 Å². The molecule has 0 aliphatic heterocycles. The molecule has 0 aromatic heterocycles. The average Bonchev–Trinajstić information content (AvgIpc) is 2.58. The molecule has 0 fully saturated rings. The average molecular weight is 354 g/mol. The SMILES string of the molecule is Cc1cc(C)cc(OCCC(=O)NCCCc2ccc(N(C)C)cc2)c1. The molecule has 0 atom stereocenters. The van der Waals surface area contributed by atoms with Crippen LogP contribution < -0.4 is 15.0 Å². The van der Waals surface area contributed by atoms with Crippen LogP contribution in [0, 0.1) is 13.8 Å². The van der Waals surface area contributed by atoms with Crippen molar-refractivity contribution >= 4 is 11.6 Å². The molecule has 4 nitrogen and oxygen atoms in total. The Kier molecular flexibility index (Phi) is 7.52. The van der Waals surface area contributed by atoms with Gasteiger partial charge in [-0.2, -0.15) is 0 Å². The molecule has 0 aliphatic carbocycles. The van der Waals surface area contributed by atoms with Crippen LogP contribution >= 0.6 is 0 Å². The molecule has 2 aromatic rings.